The van der Waals surface area contributed by atoms with Crippen LogP contribution < -0.4 is 5.73 Å². The van der Waals surface area contributed by atoms with Gasteiger partial charge in [-0.05, 0) is 47.2 Å². The summed E-state index contributed by atoms with van der Waals surface area (Å²) in [5, 5.41) is 0.762. The maximum absolute atomic E-state index is 11.2. The van der Waals surface area contributed by atoms with Crippen molar-refractivity contribution in [3.05, 3.63) is 58.1 Å². The zero-order valence-corrected chi connectivity index (χ0v) is 14.3. The zero-order valence-electron chi connectivity index (χ0n) is 13.5. The van der Waals surface area contributed by atoms with Crippen molar-refractivity contribution in [2.75, 3.05) is 0 Å². The average molecular weight is 330 g/mol. The molecule has 4 heteroatoms. The quantitative estimate of drug-likeness (QED) is 0.839. The summed E-state index contributed by atoms with van der Waals surface area (Å²) in [6.45, 7) is 6.20. The Kier molecular flexibility index (Phi) is 3.85. The number of primary amides is 1. The fourth-order valence-electron chi connectivity index (χ4n) is 3.45. The van der Waals surface area contributed by atoms with Crippen molar-refractivity contribution in [2.24, 2.45) is 11.1 Å². The van der Waals surface area contributed by atoms with E-state index in [2.05, 4.69) is 32.0 Å². The van der Waals surface area contributed by atoms with Crippen LogP contribution >= 0.6 is 11.6 Å². The molecule has 120 valence electrons. The van der Waals surface area contributed by atoms with E-state index in [4.69, 9.17) is 22.1 Å². The van der Waals surface area contributed by atoms with Gasteiger partial charge in [-0.3, -0.25) is 0 Å². The number of halogens is 1. The van der Waals surface area contributed by atoms with Gasteiger partial charge >= 0.3 is 6.09 Å². The lowest BCUT2D eigenvalue weighted by molar-refractivity contribution is 0.0392. The van der Waals surface area contributed by atoms with E-state index < -0.39 is 6.09 Å². The number of amides is 1. The SMILES string of the molecule is Cc1c(Cl)cccc1-c1ccc2c(c1)CC(C)(C)C2OC(N)=O. The molecule has 0 aliphatic heterocycles. The number of carbonyl (C=O) groups is 1. The van der Waals surface area contributed by atoms with E-state index in [1.807, 2.05) is 25.1 Å². The third-order valence-corrected chi connectivity index (χ3v) is 5.00. The summed E-state index contributed by atoms with van der Waals surface area (Å²) in [5.41, 5.74) is 10.6. The van der Waals surface area contributed by atoms with Gasteiger partial charge in [0, 0.05) is 10.4 Å². The van der Waals surface area contributed by atoms with Crippen LogP contribution in [0.1, 0.15) is 36.6 Å². The summed E-state index contributed by atoms with van der Waals surface area (Å²) in [6, 6.07) is 12.2. The Hall–Kier alpha value is -2.00. The molecular weight excluding hydrogens is 310 g/mol. The molecule has 3 nitrogen and oxygen atoms in total. The largest absolute Gasteiger partial charge is 0.441 e. The molecular formula is C19H20ClNO2. The fourth-order valence-corrected chi connectivity index (χ4v) is 3.62. The number of hydrogen-bond acceptors (Lipinski definition) is 2. The first-order valence-corrected chi connectivity index (χ1v) is 8.02. The van der Waals surface area contributed by atoms with E-state index in [1.54, 1.807) is 0 Å². The third kappa shape index (κ3) is 2.81. The van der Waals surface area contributed by atoms with E-state index >= 15 is 0 Å². The summed E-state index contributed by atoms with van der Waals surface area (Å²) in [6.07, 6.45) is -0.191. The van der Waals surface area contributed by atoms with Crippen molar-refractivity contribution >= 4 is 17.7 Å². The van der Waals surface area contributed by atoms with Crippen molar-refractivity contribution in [3.63, 3.8) is 0 Å². The Morgan fingerprint density at radius 1 is 1.30 bits per heavy atom. The minimum atomic E-state index is -0.731. The summed E-state index contributed by atoms with van der Waals surface area (Å²) in [5.74, 6) is 0. The Balaban J connectivity index is 2.05. The van der Waals surface area contributed by atoms with Crippen molar-refractivity contribution in [1.29, 1.82) is 0 Å². The molecule has 1 aliphatic carbocycles. The highest BCUT2D eigenvalue weighted by atomic mass is 35.5. The zero-order chi connectivity index (χ0) is 16.8. The van der Waals surface area contributed by atoms with Crippen LogP contribution in [0.5, 0.6) is 0 Å². The average Bonchev–Trinajstić information content (AvgIpc) is 2.71. The number of hydrogen-bond donors (Lipinski definition) is 1. The molecule has 2 aromatic rings. The fraction of sp³-hybridized carbons (Fsp3) is 0.316. The first kappa shape index (κ1) is 15.9. The monoisotopic (exact) mass is 329 g/mol. The molecule has 0 saturated heterocycles. The highest BCUT2D eigenvalue weighted by Crippen LogP contribution is 2.48. The lowest BCUT2D eigenvalue weighted by Gasteiger charge is -2.26. The lowest BCUT2D eigenvalue weighted by Crippen LogP contribution is -2.25. The van der Waals surface area contributed by atoms with Crippen LogP contribution in [0.15, 0.2) is 36.4 Å². The smallest absolute Gasteiger partial charge is 0.405 e. The van der Waals surface area contributed by atoms with Crippen LogP contribution in [0.25, 0.3) is 11.1 Å². The topological polar surface area (TPSA) is 52.3 Å². The molecule has 2 N–H and O–H groups in total. The van der Waals surface area contributed by atoms with Gasteiger partial charge in [0.25, 0.3) is 0 Å². The highest BCUT2D eigenvalue weighted by Gasteiger charge is 2.41. The van der Waals surface area contributed by atoms with Gasteiger partial charge in [0.1, 0.15) is 6.10 Å². The molecule has 1 unspecified atom stereocenters. The van der Waals surface area contributed by atoms with Gasteiger partial charge < -0.3 is 10.5 Å². The summed E-state index contributed by atoms with van der Waals surface area (Å²) >= 11 is 6.24. The van der Waals surface area contributed by atoms with Gasteiger partial charge in [-0.15, -0.1) is 0 Å². The molecule has 0 heterocycles. The van der Waals surface area contributed by atoms with Gasteiger partial charge in [0.2, 0.25) is 0 Å². The predicted octanol–water partition coefficient (Wildman–Crippen LogP) is 5.03. The molecule has 23 heavy (non-hydrogen) atoms. The van der Waals surface area contributed by atoms with E-state index in [1.165, 1.54) is 5.56 Å². The molecule has 0 aromatic heterocycles. The number of rotatable bonds is 2. The Morgan fingerprint density at radius 3 is 2.74 bits per heavy atom. The highest BCUT2D eigenvalue weighted by molar-refractivity contribution is 6.31. The standard InChI is InChI=1S/C19H20ClNO2/c1-11-14(5-4-6-16(11)20)12-7-8-15-13(9-12)10-19(2,3)17(15)23-18(21)22/h4-9,17H,10H2,1-3H3,(H2,21,22). The minimum Gasteiger partial charge on any atom is -0.441 e. The summed E-state index contributed by atoms with van der Waals surface area (Å²) in [4.78, 5) is 11.2. The van der Waals surface area contributed by atoms with Gasteiger partial charge in [-0.1, -0.05) is 55.8 Å². The molecule has 2 aromatic carbocycles. The molecule has 0 spiro atoms. The van der Waals surface area contributed by atoms with Gasteiger partial charge in [-0.2, -0.15) is 0 Å². The van der Waals surface area contributed by atoms with Crippen molar-refractivity contribution in [3.8, 4) is 11.1 Å². The lowest BCUT2D eigenvalue weighted by atomic mass is 9.87. The summed E-state index contributed by atoms with van der Waals surface area (Å²) < 4.78 is 5.36. The van der Waals surface area contributed by atoms with Gasteiger partial charge in [0.05, 0.1) is 0 Å². The molecule has 0 bridgehead atoms. The number of fused-ring (bicyclic) bond motifs is 1. The molecule has 0 radical (unpaired) electrons. The molecule has 1 amide bonds. The normalized spacial score (nSPS) is 18.5. The molecule has 0 saturated carbocycles. The first-order chi connectivity index (χ1) is 10.8. The van der Waals surface area contributed by atoms with E-state index in [9.17, 15) is 4.79 Å². The third-order valence-electron chi connectivity index (χ3n) is 4.59. The van der Waals surface area contributed by atoms with Crippen molar-refractivity contribution in [1.82, 2.24) is 0 Å². The Labute approximate surface area is 141 Å². The van der Waals surface area contributed by atoms with Crippen LogP contribution in [-0.2, 0) is 11.2 Å². The van der Waals surface area contributed by atoms with Crippen LogP contribution in [0.2, 0.25) is 5.02 Å². The second-order valence-corrected chi connectivity index (χ2v) is 7.22. The van der Waals surface area contributed by atoms with Crippen molar-refractivity contribution in [2.45, 2.75) is 33.3 Å². The number of nitrogens with two attached hydrogens (primary N) is 1. The molecule has 1 aliphatic rings. The number of benzene rings is 2. The number of carbonyl (C=O) groups excluding carboxylic acids is 1. The van der Waals surface area contributed by atoms with Gasteiger partial charge in [-0.25, -0.2) is 4.79 Å². The van der Waals surface area contributed by atoms with E-state index in [0.29, 0.717) is 0 Å². The second kappa shape index (κ2) is 5.57. The van der Waals surface area contributed by atoms with Gasteiger partial charge in [0.15, 0.2) is 0 Å². The van der Waals surface area contributed by atoms with Crippen LogP contribution in [0, 0.1) is 12.3 Å². The van der Waals surface area contributed by atoms with Crippen LogP contribution in [0.3, 0.4) is 0 Å². The van der Waals surface area contributed by atoms with Crippen molar-refractivity contribution < 1.29 is 9.53 Å². The first-order valence-electron chi connectivity index (χ1n) is 7.64. The molecule has 0 fully saturated rings. The Morgan fingerprint density at radius 2 is 2.04 bits per heavy atom. The van der Waals surface area contributed by atoms with Crippen LogP contribution in [-0.4, -0.2) is 6.09 Å². The van der Waals surface area contributed by atoms with Crippen LogP contribution in [0.4, 0.5) is 4.79 Å². The maximum Gasteiger partial charge on any atom is 0.405 e. The maximum atomic E-state index is 11.2. The summed E-state index contributed by atoms with van der Waals surface area (Å²) in [7, 11) is 0. The minimum absolute atomic E-state index is 0.167. The van der Waals surface area contributed by atoms with E-state index in [-0.39, 0.29) is 11.5 Å². The molecule has 1 atom stereocenters. The molecule has 3 rings (SSSR count). The second-order valence-electron chi connectivity index (χ2n) is 6.81. The predicted molar refractivity (Wildman–Crippen MR) is 92.5 cm³/mol. The number of ether oxygens (including phenoxy) is 1. The van der Waals surface area contributed by atoms with E-state index in [0.717, 1.165) is 33.7 Å². The Bertz CT molecular complexity index is 783.